The quantitative estimate of drug-likeness (QED) is 0.604. The SMILES string of the molecule is Cc1cccc(C)c1NC(C)C(=O)N/N=C/c1c(Cl)cccc1Cl. The summed E-state index contributed by atoms with van der Waals surface area (Å²) >= 11 is 12.1. The molecule has 24 heavy (non-hydrogen) atoms. The zero-order valence-electron chi connectivity index (χ0n) is 13.7. The fourth-order valence-electron chi connectivity index (χ4n) is 2.22. The van der Waals surface area contributed by atoms with E-state index >= 15 is 0 Å². The van der Waals surface area contributed by atoms with Gasteiger partial charge >= 0.3 is 0 Å². The van der Waals surface area contributed by atoms with E-state index in [4.69, 9.17) is 23.2 Å². The van der Waals surface area contributed by atoms with Crippen LogP contribution in [0.2, 0.25) is 10.0 Å². The monoisotopic (exact) mass is 363 g/mol. The van der Waals surface area contributed by atoms with Crippen molar-refractivity contribution in [2.45, 2.75) is 26.8 Å². The third-order valence-electron chi connectivity index (χ3n) is 3.60. The van der Waals surface area contributed by atoms with Crippen LogP contribution < -0.4 is 10.7 Å². The highest BCUT2D eigenvalue weighted by atomic mass is 35.5. The van der Waals surface area contributed by atoms with Crippen molar-refractivity contribution < 1.29 is 4.79 Å². The van der Waals surface area contributed by atoms with Gasteiger partial charge in [0, 0.05) is 11.3 Å². The first-order chi connectivity index (χ1) is 11.4. The molecule has 0 radical (unpaired) electrons. The summed E-state index contributed by atoms with van der Waals surface area (Å²) in [5.74, 6) is -0.253. The Balaban J connectivity index is 2.01. The molecule has 0 fully saturated rings. The van der Waals surface area contributed by atoms with E-state index in [-0.39, 0.29) is 5.91 Å². The zero-order chi connectivity index (χ0) is 17.7. The fourth-order valence-corrected chi connectivity index (χ4v) is 2.71. The van der Waals surface area contributed by atoms with Crippen LogP contribution in [0.15, 0.2) is 41.5 Å². The number of anilines is 1. The van der Waals surface area contributed by atoms with Gasteiger partial charge in [-0.25, -0.2) is 5.43 Å². The minimum Gasteiger partial charge on any atom is -0.373 e. The molecule has 1 amide bonds. The summed E-state index contributed by atoms with van der Waals surface area (Å²) in [5.41, 5.74) is 6.19. The van der Waals surface area contributed by atoms with Gasteiger partial charge in [0.15, 0.2) is 0 Å². The summed E-state index contributed by atoms with van der Waals surface area (Å²) in [4.78, 5) is 12.2. The van der Waals surface area contributed by atoms with Gasteiger partial charge in [-0.3, -0.25) is 4.79 Å². The zero-order valence-corrected chi connectivity index (χ0v) is 15.2. The lowest BCUT2D eigenvalue weighted by Crippen LogP contribution is -2.35. The van der Waals surface area contributed by atoms with Crippen molar-refractivity contribution in [3.8, 4) is 0 Å². The van der Waals surface area contributed by atoms with E-state index in [1.807, 2.05) is 32.0 Å². The van der Waals surface area contributed by atoms with E-state index in [1.54, 1.807) is 25.1 Å². The van der Waals surface area contributed by atoms with Gasteiger partial charge in [0.2, 0.25) is 0 Å². The Kier molecular flexibility index (Phi) is 6.23. The molecule has 2 N–H and O–H groups in total. The highest BCUT2D eigenvalue weighted by Gasteiger charge is 2.14. The third-order valence-corrected chi connectivity index (χ3v) is 4.26. The number of nitrogens with zero attached hydrogens (tertiary/aromatic N) is 1. The molecule has 1 unspecified atom stereocenters. The second-order valence-electron chi connectivity index (χ2n) is 5.50. The molecule has 0 heterocycles. The largest absolute Gasteiger partial charge is 0.373 e. The van der Waals surface area contributed by atoms with Gasteiger partial charge in [0.25, 0.3) is 5.91 Å². The normalized spacial score (nSPS) is 12.2. The molecule has 2 rings (SSSR count). The average Bonchev–Trinajstić information content (AvgIpc) is 2.53. The first kappa shape index (κ1) is 18.3. The predicted octanol–water partition coefficient (Wildman–Crippen LogP) is 4.56. The van der Waals surface area contributed by atoms with Crippen molar-refractivity contribution in [2.75, 3.05) is 5.32 Å². The van der Waals surface area contributed by atoms with Crippen LogP contribution in [0.1, 0.15) is 23.6 Å². The van der Waals surface area contributed by atoms with E-state index in [2.05, 4.69) is 15.8 Å². The maximum Gasteiger partial charge on any atom is 0.262 e. The maximum atomic E-state index is 12.2. The van der Waals surface area contributed by atoms with Crippen LogP contribution in [0.3, 0.4) is 0 Å². The number of nitrogens with one attached hydrogen (secondary N) is 2. The summed E-state index contributed by atoms with van der Waals surface area (Å²) in [6.45, 7) is 5.77. The molecule has 126 valence electrons. The van der Waals surface area contributed by atoms with Gasteiger partial charge in [-0.05, 0) is 44.0 Å². The van der Waals surface area contributed by atoms with Gasteiger partial charge < -0.3 is 5.32 Å². The Morgan fingerprint density at radius 3 is 2.21 bits per heavy atom. The number of hydrazone groups is 1. The van der Waals surface area contributed by atoms with Gasteiger partial charge in [-0.1, -0.05) is 47.5 Å². The van der Waals surface area contributed by atoms with Crippen LogP contribution in [0.5, 0.6) is 0 Å². The molecule has 0 aliphatic heterocycles. The van der Waals surface area contributed by atoms with Crippen LogP contribution >= 0.6 is 23.2 Å². The summed E-state index contributed by atoms with van der Waals surface area (Å²) in [7, 11) is 0. The predicted molar refractivity (Wildman–Crippen MR) is 101 cm³/mol. The van der Waals surface area contributed by atoms with Gasteiger partial charge in [-0.15, -0.1) is 0 Å². The van der Waals surface area contributed by atoms with Crippen molar-refractivity contribution in [3.05, 3.63) is 63.1 Å². The number of hydrogen-bond donors (Lipinski definition) is 2. The number of carbonyl (C=O) groups is 1. The van der Waals surface area contributed by atoms with Crippen LogP contribution in [0.4, 0.5) is 5.69 Å². The molecule has 0 saturated heterocycles. The van der Waals surface area contributed by atoms with Crippen LogP contribution in [-0.2, 0) is 4.79 Å². The molecule has 1 atom stereocenters. The Morgan fingerprint density at radius 1 is 1.08 bits per heavy atom. The number of halogens is 2. The molecule has 0 aliphatic carbocycles. The van der Waals surface area contributed by atoms with Crippen LogP contribution in [0, 0.1) is 13.8 Å². The third kappa shape index (κ3) is 4.49. The molecule has 0 aliphatic rings. The molecule has 2 aromatic carbocycles. The Morgan fingerprint density at radius 2 is 1.62 bits per heavy atom. The number of para-hydroxylation sites is 1. The first-order valence-electron chi connectivity index (χ1n) is 7.50. The number of amides is 1. The second-order valence-corrected chi connectivity index (χ2v) is 6.32. The van der Waals surface area contributed by atoms with Crippen LogP contribution in [-0.4, -0.2) is 18.2 Å². The lowest BCUT2D eigenvalue weighted by atomic mass is 10.1. The van der Waals surface area contributed by atoms with Crippen molar-refractivity contribution in [1.82, 2.24) is 5.43 Å². The van der Waals surface area contributed by atoms with E-state index in [0.29, 0.717) is 15.6 Å². The minimum atomic E-state index is -0.441. The lowest BCUT2D eigenvalue weighted by Gasteiger charge is -2.17. The summed E-state index contributed by atoms with van der Waals surface area (Å²) in [6, 6.07) is 10.7. The highest BCUT2D eigenvalue weighted by molar-refractivity contribution is 6.38. The van der Waals surface area contributed by atoms with E-state index in [1.165, 1.54) is 6.21 Å². The topological polar surface area (TPSA) is 53.5 Å². The van der Waals surface area contributed by atoms with Crippen molar-refractivity contribution >= 4 is 41.0 Å². The first-order valence-corrected chi connectivity index (χ1v) is 8.25. The van der Waals surface area contributed by atoms with E-state index in [9.17, 15) is 4.79 Å². The van der Waals surface area contributed by atoms with Gasteiger partial charge in [0.1, 0.15) is 6.04 Å². The minimum absolute atomic E-state index is 0.253. The second kappa shape index (κ2) is 8.18. The van der Waals surface area contributed by atoms with E-state index < -0.39 is 6.04 Å². The summed E-state index contributed by atoms with van der Waals surface area (Å²) in [5, 5.41) is 8.10. The molecule has 0 saturated carbocycles. The van der Waals surface area contributed by atoms with Crippen molar-refractivity contribution in [1.29, 1.82) is 0 Å². The summed E-state index contributed by atoms with van der Waals surface area (Å²) in [6.07, 6.45) is 1.44. The Labute approximate surface area is 151 Å². The molecular formula is C18H19Cl2N3O. The van der Waals surface area contributed by atoms with Crippen LogP contribution in [0.25, 0.3) is 0 Å². The number of rotatable bonds is 5. The number of benzene rings is 2. The Bertz CT molecular complexity index is 734. The lowest BCUT2D eigenvalue weighted by molar-refractivity contribution is -0.121. The smallest absolute Gasteiger partial charge is 0.262 e. The number of carbonyl (C=O) groups excluding carboxylic acids is 1. The van der Waals surface area contributed by atoms with Gasteiger partial charge in [-0.2, -0.15) is 5.10 Å². The molecule has 0 bridgehead atoms. The number of hydrogen-bond acceptors (Lipinski definition) is 3. The molecule has 6 heteroatoms. The average molecular weight is 364 g/mol. The fraction of sp³-hybridized carbons (Fsp3) is 0.222. The standard InChI is InChI=1S/C18H19Cl2N3O/c1-11-6-4-7-12(2)17(11)22-13(3)18(24)23-21-10-14-15(19)8-5-9-16(14)20/h4-10,13,22H,1-3H3,(H,23,24)/b21-10+. The maximum absolute atomic E-state index is 12.2. The molecule has 4 nitrogen and oxygen atoms in total. The van der Waals surface area contributed by atoms with Gasteiger partial charge in [0.05, 0.1) is 16.3 Å². The molecular weight excluding hydrogens is 345 g/mol. The van der Waals surface area contributed by atoms with Crippen molar-refractivity contribution in [2.24, 2.45) is 5.10 Å². The molecule has 2 aromatic rings. The molecule has 0 aromatic heterocycles. The van der Waals surface area contributed by atoms with E-state index in [0.717, 1.165) is 16.8 Å². The molecule has 0 spiro atoms. The van der Waals surface area contributed by atoms with Crippen molar-refractivity contribution in [3.63, 3.8) is 0 Å². The summed E-state index contributed by atoms with van der Waals surface area (Å²) < 4.78 is 0. The Hall–Kier alpha value is -2.04. The highest BCUT2D eigenvalue weighted by Crippen LogP contribution is 2.22. The number of aryl methyl sites for hydroxylation is 2.